The van der Waals surface area contributed by atoms with Gasteiger partial charge in [0.2, 0.25) is 11.8 Å². The molecule has 4 rings (SSSR count). The molecule has 1 saturated heterocycles. The van der Waals surface area contributed by atoms with Gasteiger partial charge in [0.1, 0.15) is 11.8 Å². The second kappa shape index (κ2) is 7.54. The van der Waals surface area contributed by atoms with Gasteiger partial charge in [0, 0.05) is 23.7 Å². The molecule has 2 amide bonds. The van der Waals surface area contributed by atoms with Crippen molar-refractivity contribution in [1.29, 1.82) is 0 Å². The minimum Gasteiger partial charge on any atom is -0.360 e. The van der Waals surface area contributed by atoms with Gasteiger partial charge in [-0.25, -0.2) is 0 Å². The molecule has 2 N–H and O–H groups in total. The number of amides is 2. The average Bonchev–Trinajstić information content (AvgIpc) is 3.32. The summed E-state index contributed by atoms with van der Waals surface area (Å²) in [6, 6.07) is 8.47. The van der Waals surface area contributed by atoms with Crippen molar-refractivity contribution in [2.24, 2.45) is 0 Å². The number of anilines is 1. The Morgan fingerprint density at radius 1 is 1.28 bits per heavy atom. The summed E-state index contributed by atoms with van der Waals surface area (Å²) in [5.74, 6) is 0.605. The van der Waals surface area contributed by atoms with Gasteiger partial charge in [-0.2, -0.15) is 0 Å². The second-order valence-electron chi connectivity index (χ2n) is 7.44. The molecular weight excluding hydrogens is 372 g/mol. The molecule has 8 heteroatoms. The zero-order chi connectivity index (χ0) is 20.5. The standard InChI is InChI=1S/C21H22N4O4/c1-12-8-15-10-14(5-6-16(15)22-20(12)27)11-19(26)25-7-3-4-17(25)21(28)23-18-9-13(2)29-24-18/h5-6,8-10,17H,3-4,7,11H2,1-2H3,(H,22,27)(H,23,24,28)/t17-/m0/s1. The van der Waals surface area contributed by atoms with Crippen LogP contribution in [-0.2, 0) is 16.0 Å². The van der Waals surface area contributed by atoms with Crippen LogP contribution >= 0.6 is 0 Å². The molecule has 0 spiro atoms. The number of aryl methyl sites for hydroxylation is 2. The van der Waals surface area contributed by atoms with Gasteiger partial charge in [0.05, 0.1) is 6.42 Å². The van der Waals surface area contributed by atoms with Crippen LogP contribution < -0.4 is 10.9 Å². The van der Waals surface area contributed by atoms with Crippen LogP contribution in [0.4, 0.5) is 5.82 Å². The Bertz CT molecular complexity index is 1150. The molecule has 0 bridgehead atoms. The van der Waals surface area contributed by atoms with Gasteiger partial charge in [-0.15, -0.1) is 0 Å². The average molecular weight is 394 g/mol. The Kier molecular flexibility index (Phi) is 4.92. The molecule has 150 valence electrons. The van der Waals surface area contributed by atoms with Gasteiger partial charge in [-0.3, -0.25) is 14.4 Å². The van der Waals surface area contributed by atoms with Gasteiger partial charge in [-0.1, -0.05) is 11.2 Å². The summed E-state index contributed by atoms with van der Waals surface area (Å²) < 4.78 is 4.96. The normalized spacial score (nSPS) is 16.3. The van der Waals surface area contributed by atoms with Crippen molar-refractivity contribution in [2.75, 3.05) is 11.9 Å². The number of nitrogens with zero attached hydrogens (tertiary/aromatic N) is 2. The maximum absolute atomic E-state index is 12.9. The highest BCUT2D eigenvalue weighted by Gasteiger charge is 2.34. The zero-order valence-corrected chi connectivity index (χ0v) is 16.3. The number of hydrogen-bond donors (Lipinski definition) is 2. The zero-order valence-electron chi connectivity index (χ0n) is 16.3. The lowest BCUT2D eigenvalue weighted by molar-refractivity contribution is -0.136. The van der Waals surface area contributed by atoms with E-state index in [9.17, 15) is 14.4 Å². The molecule has 1 aliphatic heterocycles. The number of H-pyrrole nitrogens is 1. The highest BCUT2D eigenvalue weighted by molar-refractivity contribution is 5.97. The molecule has 0 aliphatic carbocycles. The summed E-state index contributed by atoms with van der Waals surface area (Å²) in [4.78, 5) is 41.7. The van der Waals surface area contributed by atoms with Crippen LogP contribution in [0.15, 0.2) is 39.6 Å². The molecule has 1 fully saturated rings. The van der Waals surface area contributed by atoms with E-state index in [0.717, 1.165) is 22.9 Å². The van der Waals surface area contributed by atoms with Crippen LogP contribution in [0.2, 0.25) is 0 Å². The highest BCUT2D eigenvalue weighted by Crippen LogP contribution is 2.22. The molecule has 1 aliphatic rings. The molecule has 1 aromatic carbocycles. The minimum absolute atomic E-state index is 0.0977. The summed E-state index contributed by atoms with van der Waals surface area (Å²) in [6.07, 6.45) is 1.59. The van der Waals surface area contributed by atoms with E-state index >= 15 is 0 Å². The van der Waals surface area contributed by atoms with E-state index in [-0.39, 0.29) is 23.8 Å². The summed E-state index contributed by atoms with van der Waals surface area (Å²) in [5, 5.41) is 7.37. The maximum atomic E-state index is 12.9. The van der Waals surface area contributed by atoms with Crippen molar-refractivity contribution < 1.29 is 14.1 Å². The molecule has 0 saturated carbocycles. The predicted octanol–water partition coefficient (Wildman–Crippen LogP) is 2.31. The van der Waals surface area contributed by atoms with E-state index in [1.165, 1.54) is 0 Å². The smallest absolute Gasteiger partial charge is 0.251 e. The number of aromatic amines is 1. The third-order valence-corrected chi connectivity index (χ3v) is 5.20. The summed E-state index contributed by atoms with van der Waals surface area (Å²) in [7, 11) is 0. The number of aromatic nitrogens is 2. The van der Waals surface area contributed by atoms with E-state index in [0.29, 0.717) is 30.1 Å². The summed E-state index contributed by atoms with van der Waals surface area (Å²) in [6.45, 7) is 4.05. The predicted molar refractivity (Wildman–Crippen MR) is 108 cm³/mol. The SMILES string of the molecule is Cc1cc(NC(=O)[C@@H]2CCCN2C(=O)Cc2ccc3[nH]c(=O)c(C)cc3c2)no1. The van der Waals surface area contributed by atoms with E-state index in [2.05, 4.69) is 15.5 Å². The first-order valence-electron chi connectivity index (χ1n) is 9.57. The number of nitrogens with one attached hydrogen (secondary N) is 2. The minimum atomic E-state index is -0.515. The topological polar surface area (TPSA) is 108 Å². The Labute approximate surface area is 166 Å². The Hall–Kier alpha value is -3.42. The van der Waals surface area contributed by atoms with Gasteiger partial charge in [0.15, 0.2) is 5.82 Å². The molecule has 2 aromatic heterocycles. The van der Waals surface area contributed by atoms with Crippen LogP contribution in [-0.4, -0.2) is 39.4 Å². The Morgan fingerprint density at radius 2 is 2.10 bits per heavy atom. The fourth-order valence-electron chi connectivity index (χ4n) is 3.72. The number of fused-ring (bicyclic) bond motifs is 1. The van der Waals surface area contributed by atoms with Crippen molar-refractivity contribution in [3.63, 3.8) is 0 Å². The monoisotopic (exact) mass is 394 g/mol. The number of benzene rings is 1. The van der Waals surface area contributed by atoms with Crippen molar-refractivity contribution in [3.05, 3.63) is 57.6 Å². The third-order valence-electron chi connectivity index (χ3n) is 5.20. The Morgan fingerprint density at radius 3 is 2.86 bits per heavy atom. The molecule has 3 aromatic rings. The molecule has 1 atom stereocenters. The van der Waals surface area contributed by atoms with Crippen LogP contribution in [0.5, 0.6) is 0 Å². The number of hydrogen-bond acceptors (Lipinski definition) is 5. The molecule has 3 heterocycles. The fraction of sp³-hybridized carbons (Fsp3) is 0.333. The van der Waals surface area contributed by atoms with E-state index in [4.69, 9.17) is 4.52 Å². The first kappa shape index (κ1) is 18.9. The van der Waals surface area contributed by atoms with Crippen LogP contribution in [0, 0.1) is 13.8 Å². The van der Waals surface area contributed by atoms with E-state index < -0.39 is 6.04 Å². The lowest BCUT2D eigenvalue weighted by Gasteiger charge is -2.23. The fourth-order valence-corrected chi connectivity index (χ4v) is 3.72. The van der Waals surface area contributed by atoms with Crippen molar-refractivity contribution >= 4 is 28.5 Å². The number of carbonyl (C=O) groups is 2. The van der Waals surface area contributed by atoms with Gasteiger partial charge in [-0.05, 0) is 55.8 Å². The number of pyridine rings is 1. The molecule has 0 unspecified atom stereocenters. The number of likely N-dealkylation sites (tertiary alicyclic amines) is 1. The quantitative estimate of drug-likeness (QED) is 0.706. The summed E-state index contributed by atoms with van der Waals surface area (Å²) in [5.41, 5.74) is 2.08. The molecular formula is C21H22N4O4. The summed E-state index contributed by atoms with van der Waals surface area (Å²) >= 11 is 0. The van der Waals surface area contributed by atoms with Crippen molar-refractivity contribution in [3.8, 4) is 0 Å². The largest absolute Gasteiger partial charge is 0.360 e. The first-order chi connectivity index (χ1) is 13.9. The van der Waals surface area contributed by atoms with E-state index in [1.807, 2.05) is 18.2 Å². The van der Waals surface area contributed by atoms with Gasteiger partial charge < -0.3 is 19.7 Å². The van der Waals surface area contributed by atoms with E-state index in [1.54, 1.807) is 30.9 Å². The lowest BCUT2D eigenvalue weighted by Crippen LogP contribution is -2.43. The number of carbonyl (C=O) groups excluding carboxylic acids is 2. The number of rotatable bonds is 4. The van der Waals surface area contributed by atoms with Gasteiger partial charge >= 0.3 is 0 Å². The highest BCUT2D eigenvalue weighted by atomic mass is 16.5. The molecule has 0 radical (unpaired) electrons. The molecule has 8 nitrogen and oxygen atoms in total. The second-order valence-corrected chi connectivity index (χ2v) is 7.44. The third kappa shape index (κ3) is 3.91. The van der Waals surface area contributed by atoms with Crippen LogP contribution in [0.1, 0.15) is 29.7 Å². The first-order valence-corrected chi connectivity index (χ1v) is 9.57. The van der Waals surface area contributed by atoms with Crippen molar-refractivity contribution in [2.45, 2.75) is 39.2 Å². The van der Waals surface area contributed by atoms with Crippen molar-refractivity contribution in [1.82, 2.24) is 15.0 Å². The molecule has 29 heavy (non-hydrogen) atoms. The maximum Gasteiger partial charge on any atom is 0.251 e. The lowest BCUT2D eigenvalue weighted by atomic mass is 10.1. The van der Waals surface area contributed by atoms with Crippen LogP contribution in [0.3, 0.4) is 0 Å². The van der Waals surface area contributed by atoms with Crippen LogP contribution in [0.25, 0.3) is 10.9 Å². The van der Waals surface area contributed by atoms with Gasteiger partial charge in [0.25, 0.3) is 5.56 Å². The Balaban J connectivity index is 1.48.